The van der Waals surface area contributed by atoms with Crippen LogP contribution in [0.1, 0.15) is 22.8 Å². The first-order chi connectivity index (χ1) is 16.9. The van der Waals surface area contributed by atoms with E-state index >= 15 is 0 Å². The summed E-state index contributed by atoms with van der Waals surface area (Å²) < 4.78 is 11.7. The van der Waals surface area contributed by atoms with Crippen LogP contribution in [0.5, 0.6) is 0 Å². The number of fused-ring (bicyclic) bond motifs is 1. The number of amides is 1. The van der Waals surface area contributed by atoms with E-state index in [0.29, 0.717) is 50.7 Å². The van der Waals surface area contributed by atoms with Gasteiger partial charge in [-0.1, -0.05) is 47.5 Å². The van der Waals surface area contributed by atoms with Crippen LogP contribution in [0.2, 0.25) is 10.0 Å². The molecule has 174 valence electrons. The number of anilines is 1. The highest BCUT2D eigenvalue weighted by Crippen LogP contribution is 2.27. The highest BCUT2D eigenvalue weighted by Gasteiger charge is 2.09. The lowest BCUT2D eigenvalue weighted by atomic mass is 10.1. The molecule has 0 fully saturated rings. The summed E-state index contributed by atoms with van der Waals surface area (Å²) in [6.07, 6.45) is 3.59. The Hall–Kier alpha value is -3.80. The monoisotopic (exact) mass is 502 g/mol. The molecule has 0 unspecified atom stereocenters. The van der Waals surface area contributed by atoms with Gasteiger partial charge in [-0.3, -0.25) is 4.79 Å². The van der Waals surface area contributed by atoms with Gasteiger partial charge in [0.25, 0.3) is 0 Å². The van der Waals surface area contributed by atoms with Crippen molar-refractivity contribution in [2.45, 2.75) is 13.3 Å². The highest BCUT2D eigenvalue weighted by molar-refractivity contribution is 6.31. The molecular weight excluding hydrogens is 483 g/mol. The van der Waals surface area contributed by atoms with Crippen molar-refractivity contribution in [1.82, 2.24) is 4.98 Å². The molecule has 0 aliphatic heterocycles. The standard InChI is InChI=1S/C28H20Cl2N2O3/c1-17-2-5-19(15-23(17)30)25-12-9-22(34-25)10-13-27(33)31-21-8-11-26-24(16-21)32-28(35-26)14-18-3-6-20(29)7-4-18/h2-13,15-16H,14H2,1H3,(H,31,33)/b13-10+. The number of furan rings is 1. The first-order valence-electron chi connectivity index (χ1n) is 10.9. The Kier molecular flexibility index (Phi) is 6.45. The number of nitrogens with zero attached hydrogens (tertiary/aromatic N) is 1. The second kappa shape index (κ2) is 9.82. The van der Waals surface area contributed by atoms with E-state index in [9.17, 15) is 4.79 Å². The van der Waals surface area contributed by atoms with E-state index < -0.39 is 0 Å². The molecule has 7 heteroatoms. The molecule has 5 rings (SSSR count). The summed E-state index contributed by atoms with van der Waals surface area (Å²) in [7, 11) is 0. The molecule has 1 N–H and O–H groups in total. The van der Waals surface area contributed by atoms with Crippen molar-refractivity contribution >= 4 is 52.0 Å². The molecule has 0 saturated carbocycles. The molecule has 0 bridgehead atoms. The summed E-state index contributed by atoms with van der Waals surface area (Å²) in [6.45, 7) is 1.95. The fourth-order valence-electron chi connectivity index (χ4n) is 3.59. The fraction of sp³-hybridized carbons (Fsp3) is 0.0714. The number of nitrogens with one attached hydrogen (secondary N) is 1. The number of carbonyl (C=O) groups is 1. The van der Waals surface area contributed by atoms with Crippen molar-refractivity contribution in [3.8, 4) is 11.3 Å². The largest absolute Gasteiger partial charge is 0.457 e. The van der Waals surface area contributed by atoms with Crippen LogP contribution in [0.25, 0.3) is 28.5 Å². The summed E-state index contributed by atoms with van der Waals surface area (Å²) in [5.41, 5.74) is 4.87. The quantitative estimate of drug-likeness (QED) is 0.239. The molecule has 2 heterocycles. The third-order valence-electron chi connectivity index (χ3n) is 5.45. The third-order valence-corrected chi connectivity index (χ3v) is 6.11. The van der Waals surface area contributed by atoms with Gasteiger partial charge in [0.05, 0.1) is 0 Å². The van der Waals surface area contributed by atoms with Gasteiger partial charge in [0, 0.05) is 33.8 Å². The van der Waals surface area contributed by atoms with Crippen molar-refractivity contribution in [3.63, 3.8) is 0 Å². The number of hydrogen-bond donors (Lipinski definition) is 1. The number of oxazole rings is 1. The minimum Gasteiger partial charge on any atom is -0.457 e. The molecule has 0 aliphatic carbocycles. The summed E-state index contributed by atoms with van der Waals surface area (Å²) in [5.74, 6) is 1.54. The van der Waals surface area contributed by atoms with Crippen LogP contribution in [0, 0.1) is 6.92 Å². The van der Waals surface area contributed by atoms with Gasteiger partial charge >= 0.3 is 0 Å². The number of hydrogen-bond acceptors (Lipinski definition) is 4. The predicted octanol–water partition coefficient (Wildman–Crippen LogP) is 7.95. The van der Waals surface area contributed by atoms with Crippen LogP contribution in [-0.4, -0.2) is 10.9 Å². The van der Waals surface area contributed by atoms with Crippen LogP contribution < -0.4 is 5.32 Å². The first-order valence-corrected chi connectivity index (χ1v) is 11.7. The van der Waals surface area contributed by atoms with Crippen molar-refractivity contribution in [2.24, 2.45) is 0 Å². The van der Waals surface area contributed by atoms with Crippen LogP contribution in [0.3, 0.4) is 0 Å². The molecule has 35 heavy (non-hydrogen) atoms. The third kappa shape index (κ3) is 5.48. The summed E-state index contributed by atoms with van der Waals surface area (Å²) in [6, 6.07) is 22.3. The van der Waals surface area contributed by atoms with E-state index in [4.69, 9.17) is 32.0 Å². The van der Waals surface area contributed by atoms with Crippen LogP contribution in [0.15, 0.2) is 87.7 Å². The molecule has 0 saturated heterocycles. The molecule has 0 radical (unpaired) electrons. The molecule has 0 atom stereocenters. The van der Waals surface area contributed by atoms with Gasteiger partial charge in [0.15, 0.2) is 11.5 Å². The zero-order valence-electron chi connectivity index (χ0n) is 18.7. The maximum atomic E-state index is 12.4. The van der Waals surface area contributed by atoms with Crippen molar-refractivity contribution < 1.29 is 13.6 Å². The van der Waals surface area contributed by atoms with Gasteiger partial charge in [-0.2, -0.15) is 0 Å². The van der Waals surface area contributed by atoms with E-state index in [2.05, 4.69) is 10.3 Å². The Balaban J connectivity index is 1.24. The van der Waals surface area contributed by atoms with E-state index in [1.54, 1.807) is 30.3 Å². The lowest BCUT2D eigenvalue weighted by Crippen LogP contribution is -2.07. The van der Waals surface area contributed by atoms with E-state index in [0.717, 1.165) is 16.7 Å². The average molecular weight is 503 g/mol. The number of benzene rings is 3. The molecule has 2 aromatic heterocycles. The fourth-order valence-corrected chi connectivity index (χ4v) is 3.90. The number of carbonyl (C=O) groups excluding carboxylic acids is 1. The van der Waals surface area contributed by atoms with E-state index in [1.165, 1.54) is 6.08 Å². The van der Waals surface area contributed by atoms with Gasteiger partial charge in [-0.25, -0.2) is 4.98 Å². The molecule has 0 aliphatic rings. The molecule has 3 aromatic carbocycles. The topological polar surface area (TPSA) is 68.3 Å². The number of aromatic nitrogens is 1. The van der Waals surface area contributed by atoms with Gasteiger partial charge in [0.1, 0.15) is 17.0 Å². The number of rotatable bonds is 6. The molecule has 1 amide bonds. The van der Waals surface area contributed by atoms with Gasteiger partial charge in [-0.05, 0) is 72.7 Å². The SMILES string of the molecule is Cc1ccc(-c2ccc(/C=C/C(=O)Nc3ccc4oc(Cc5ccc(Cl)cc5)nc4c3)o2)cc1Cl. The summed E-state index contributed by atoms with van der Waals surface area (Å²) >= 11 is 12.1. The second-order valence-corrected chi connectivity index (χ2v) is 8.93. The maximum absolute atomic E-state index is 12.4. The van der Waals surface area contributed by atoms with Gasteiger partial charge < -0.3 is 14.2 Å². The summed E-state index contributed by atoms with van der Waals surface area (Å²) in [4.78, 5) is 17.0. The number of aryl methyl sites for hydroxylation is 1. The van der Waals surface area contributed by atoms with Crippen molar-refractivity contribution in [1.29, 1.82) is 0 Å². The molecular formula is C28H20Cl2N2O3. The highest BCUT2D eigenvalue weighted by atomic mass is 35.5. The van der Waals surface area contributed by atoms with Crippen molar-refractivity contribution in [3.05, 3.63) is 112 Å². The van der Waals surface area contributed by atoms with Crippen LogP contribution in [0.4, 0.5) is 5.69 Å². The zero-order chi connectivity index (χ0) is 24.4. The van der Waals surface area contributed by atoms with E-state index in [1.807, 2.05) is 55.5 Å². The lowest BCUT2D eigenvalue weighted by Gasteiger charge is -2.01. The molecule has 0 spiro atoms. The smallest absolute Gasteiger partial charge is 0.248 e. The minimum atomic E-state index is -0.287. The first kappa shape index (κ1) is 23.0. The Bertz CT molecular complexity index is 1550. The number of halogens is 2. The average Bonchev–Trinajstić information content (AvgIpc) is 3.47. The summed E-state index contributed by atoms with van der Waals surface area (Å²) in [5, 5.41) is 4.20. The van der Waals surface area contributed by atoms with Crippen molar-refractivity contribution in [2.75, 3.05) is 5.32 Å². The van der Waals surface area contributed by atoms with Crippen LogP contribution in [-0.2, 0) is 11.2 Å². The normalized spacial score (nSPS) is 11.4. The van der Waals surface area contributed by atoms with Crippen LogP contribution >= 0.6 is 23.2 Å². The lowest BCUT2D eigenvalue weighted by molar-refractivity contribution is -0.111. The predicted molar refractivity (Wildman–Crippen MR) is 140 cm³/mol. The Morgan fingerprint density at radius 1 is 0.971 bits per heavy atom. The maximum Gasteiger partial charge on any atom is 0.248 e. The Morgan fingerprint density at radius 2 is 1.80 bits per heavy atom. The molecule has 5 nitrogen and oxygen atoms in total. The van der Waals surface area contributed by atoms with Gasteiger partial charge in [0.2, 0.25) is 5.91 Å². The Labute approximate surface area is 212 Å². The minimum absolute atomic E-state index is 0.287. The van der Waals surface area contributed by atoms with E-state index in [-0.39, 0.29) is 5.91 Å². The second-order valence-electron chi connectivity index (χ2n) is 8.08. The zero-order valence-corrected chi connectivity index (χ0v) is 20.2. The molecule has 5 aromatic rings. The Morgan fingerprint density at radius 3 is 2.60 bits per heavy atom. The van der Waals surface area contributed by atoms with Gasteiger partial charge in [-0.15, -0.1) is 0 Å².